The fraction of sp³-hybridized carbons (Fsp3) is 0.214. The van der Waals surface area contributed by atoms with E-state index in [0.29, 0.717) is 12.2 Å². The topological polar surface area (TPSA) is 26.3 Å². The number of esters is 1. The third-order valence-corrected chi connectivity index (χ3v) is 2.19. The van der Waals surface area contributed by atoms with Crippen LogP contribution in [0.4, 0.5) is 0 Å². The number of carbonyl (C=O) groups is 1. The summed E-state index contributed by atoms with van der Waals surface area (Å²) in [7, 11) is 0. The summed E-state index contributed by atoms with van der Waals surface area (Å²) in [6.07, 6.45) is 3.58. The third kappa shape index (κ3) is 3.09. The van der Waals surface area contributed by atoms with Gasteiger partial charge in [-0.15, -0.1) is 0 Å². The first-order chi connectivity index (χ1) is 7.69. The second-order valence-corrected chi connectivity index (χ2v) is 3.38. The van der Waals surface area contributed by atoms with Crippen molar-refractivity contribution < 1.29 is 9.53 Å². The summed E-state index contributed by atoms with van der Waals surface area (Å²) in [5.41, 5.74) is 2.57. The molecular weight excluding hydrogens is 200 g/mol. The molecule has 2 nitrogen and oxygen atoms in total. The molecule has 16 heavy (non-hydrogen) atoms. The predicted molar refractivity (Wildman–Crippen MR) is 66.8 cm³/mol. The summed E-state index contributed by atoms with van der Waals surface area (Å²) < 4.78 is 4.92. The van der Waals surface area contributed by atoms with Gasteiger partial charge in [-0.1, -0.05) is 36.9 Å². The van der Waals surface area contributed by atoms with E-state index in [1.165, 1.54) is 0 Å². The fourth-order valence-electron chi connectivity index (χ4n) is 1.37. The molecule has 2 heteroatoms. The monoisotopic (exact) mass is 216 g/mol. The molecule has 0 atom stereocenters. The average Bonchev–Trinajstić information content (AvgIpc) is 2.30. The molecule has 0 saturated heterocycles. The number of hydrogen-bond donors (Lipinski definition) is 0. The Labute approximate surface area is 96.2 Å². The minimum absolute atomic E-state index is 0.277. The van der Waals surface area contributed by atoms with Crippen LogP contribution in [0.15, 0.2) is 36.4 Å². The maximum Gasteiger partial charge on any atom is 0.333 e. The molecule has 0 spiro atoms. The zero-order valence-corrected chi connectivity index (χ0v) is 9.69. The molecule has 1 aromatic carbocycles. The van der Waals surface area contributed by atoms with Crippen LogP contribution in [0.25, 0.3) is 12.2 Å². The highest BCUT2D eigenvalue weighted by atomic mass is 16.5. The summed E-state index contributed by atoms with van der Waals surface area (Å²) in [5, 5.41) is 0. The van der Waals surface area contributed by atoms with Crippen molar-refractivity contribution in [3.05, 3.63) is 47.5 Å². The van der Waals surface area contributed by atoms with Gasteiger partial charge in [0.1, 0.15) is 0 Å². The van der Waals surface area contributed by atoms with Gasteiger partial charge in [0.25, 0.3) is 0 Å². The van der Waals surface area contributed by atoms with Gasteiger partial charge in [0.2, 0.25) is 0 Å². The van der Waals surface area contributed by atoms with E-state index in [1.807, 2.05) is 30.3 Å². The van der Waals surface area contributed by atoms with Gasteiger partial charge in [0, 0.05) is 5.57 Å². The number of hydrogen-bond acceptors (Lipinski definition) is 2. The summed E-state index contributed by atoms with van der Waals surface area (Å²) in [6.45, 7) is 7.67. The lowest BCUT2D eigenvalue weighted by molar-refractivity contribution is -0.138. The van der Waals surface area contributed by atoms with Gasteiger partial charge >= 0.3 is 5.97 Å². The van der Waals surface area contributed by atoms with E-state index in [1.54, 1.807) is 19.9 Å². The van der Waals surface area contributed by atoms with Gasteiger partial charge in [-0.2, -0.15) is 0 Å². The molecule has 0 radical (unpaired) electrons. The van der Waals surface area contributed by atoms with Crippen molar-refractivity contribution in [3.63, 3.8) is 0 Å². The van der Waals surface area contributed by atoms with Crippen molar-refractivity contribution in [2.45, 2.75) is 13.8 Å². The zero-order chi connectivity index (χ0) is 12.0. The molecule has 0 heterocycles. The molecule has 0 unspecified atom stereocenters. The van der Waals surface area contributed by atoms with E-state index in [9.17, 15) is 4.79 Å². The van der Waals surface area contributed by atoms with E-state index in [0.717, 1.165) is 11.1 Å². The van der Waals surface area contributed by atoms with Gasteiger partial charge in [-0.3, -0.25) is 0 Å². The van der Waals surface area contributed by atoms with Gasteiger partial charge in [-0.25, -0.2) is 4.79 Å². The van der Waals surface area contributed by atoms with Crippen molar-refractivity contribution in [2.24, 2.45) is 0 Å². The molecule has 1 aromatic rings. The molecular formula is C14H16O2. The van der Waals surface area contributed by atoms with E-state index < -0.39 is 0 Å². The Kier molecular flexibility index (Phi) is 4.52. The highest BCUT2D eigenvalue weighted by molar-refractivity contribution is 5.93. The molecule has 0 aliphatic rings. The summed E-state index contributed by atoms with van der Waals surface area (Å²) in [6, 6.07) is 7.77. The van der Waals surface area contributed by atoms with Gasteiger partial charge in [-0.05, 0) is 31.1 Å². The molecule has 0 saturated carbocycles. The highest BCUT2D eigenvalue weighted by Crippen LogP contribution is 2.14. The molecule has 0 amide bonds. The second kappa shape index (κ2) is 5.91. The lowest BCUT2D eigenvalue weighted by Crippen LogP contribution is -2.04. The first-order valence-corrected chi connectivity index (χ1v) is 5.26. The van der Waals surface area contributed by atoms with Gasteiger partial charge < -0.3 is 4.74 Å². The lowest BCUT2D eigenvalue weighted by Gasteiger charge is -2.03. The lowest BCUT2D eigenvalue weighted by atomic mass is 10.1. The molecule has 0 aliphatic heterocycles. The SMILES string of the molecule is C=Cc1ccccc1/C=C(\C)C(=O)OCC. The van der Waals surface area contributed by atoms with Crippen LogP contribution in [0, 0.1) is 0 Å². The number of benzene rings is 1. The predicted octanol–water partition coefficient (Wildman–Crippen LogP) is 3.30. The van der Waals surface area contributed by atoms with Crippen LogP contribution < -0.4 is 0 Å². The molecule has 0 aromatic heterocycles. The minimum Gasteiger partial charge on any atom is -0.463 e. The van der Waals surface area contributed by atoms with Crippen LogP contribution in [-0.2, 0) is 9.53 Å². The largest absolute Gasteiger partial charge is 0.463 e. The van der Waals surface area contributed by atoms with Crippen molar-refractivity contribution in [1.82, 2.24) is 0 Å². The first kappa shape index (κ1) is 12.2. The maximum atomic E-state index is 11.4. The standard InChI is InChI=1S/C14H16O2/c1-4-12-8-6-7-9-13(12)10-11(3)14(15)16-5-2/h4,6-10H,1,5H2,2-3H3/b11-10+. The average molecular weight is 216 g/mol. The van der Waals surface area contributed by atoms with Crippen LogP contribution in [0.2, 0.25) is 0 Å². The van der Waals surface area contributed by atoms with Crippen molar-refractivity contribution >= 4 is 18.1 Å². The van der Waals surface area contributed by atoms with E-state index in [-0.39, 0.29) is 5.97 Å². The second-order valence-electron chi connectivity index (χ2n) is 3.38. The molecule has 0 aliphatic carbocycles. The molecule has 84 valence electrons. The van der Waals surface area contributed by atoms with Crippen LogP contribution in [0.3, 0.4) is 0 Å². The van der Waals surface area contributed by atoms with E-state index in [2.05, 4.69) is 6.58 Å². The Hall–Kier alpha value is -1.83. The molecule has 1 rings (SSSR count). The van der Waals surface area contributed by atoms with Crippen molar-refractivity contribution in [3.8, 4) is 0 Å². The normalized spacial score (nSPS) is 11.0. The quantitative estimate of drug-likeness (QED) is 0.570. The molecule has 0 N–H and O–H groups in total. The first-order valence-electron chi connectivity index (χ1n) is 5.26. The molecule has 0 bridgehead atoms. The number of carbonyl (C=O) groups excluding carboxylic acids is 1. The van der Waals surface area contributed by atoms with E-state index in [4.69, 9.17) is 4.74 Å². The Morgan fingerprint density at radius 2 is 2.00 bits per heavy atom. The van der Waals surface area contributed by atoms with Crippen molar-refractivity contribution in [2.75, 3.05) is 6.61 Å². The molecule has 0 fully saturated rings. The van der Waals surface area contributed by atoms with Crippen LogP contribution >= 0.6 is 0 Å². The Bertz CT molecular complexity index is 416. The fourth-order valence-corrected chi connectivity index (χ4v) is 1.37. The van der Waals surface area contributed by atoms with Gasteiger partial charge in [0.05, 0.1) is 6.61 Å². The summed E-state index contributed by atoms with van der Waals surface area (Å²) >= 11 is 0. The minimum atomic E-state index is -0.277. The Balaban J connectivity index is 2.97. The third-order valence-electron chi connectivity index (χ3n) is 2.19. The zero-order valence-electron chi connectivity index (χ0n) is 9.69. The number of ether oxygens (including phenoxy) is 1. The van der Waals surface area contributed by atoms with Crippen LogP contribution in [-0.4, -0.2) is 12.6 Å². The van der Waals surface area contributed by atoms with Gasteiger partial charge in [0.15, 0.2) is 0 Å². The summed E-state index contributed by atoms with van der Waals surface area (Å²) in [5.74, 6) is -0.277. The maximum absolute atomic E-state index is 11.4. The number of rotatable bonds is 4. The Morgan fingerprint density at radius 3 is 2.56 bits per heavy atom. The Morgan fingerprint density at radius 1 is 1.38 bits per heavy atom. The smallest absolute Gasteiger partial charge is 0.333 e. The van der Waals surface area contributed by atoms with Crippen LogP contribution in [0.1, 0.15) is 25.0 Å². The summed E-state index contributed by atoms with van der Waals surface area (Å²) in [4.78, 5) is 11.4. The van der Waals surface area contributed by atoms with E-state index >= 15 is 0 Å². The highest BCUT2D eigenvalue weighted by Gasteiger charge is 2.05. The van der Waals surface area contributed by atoms with Crippen LogP contribution in [0.5, 0.6) is 0 Å². The van der Waals surface area contributed by atoms with Crippen molar-refractivity contribution in [1.29, 1.82) is 0 Å².